The van der Waals surface area contributed by atoms with Crippen molar-refractivity contribution in [2.24, 2.45) is 16.8 Å². The van der Waals surface area contributed by atoms with Crippen molar-refractivity contribution in [1.29, 1.82) is 0 Å². The number of benzene rings is 1. The molecule has 3 atom stereocenters. The van der Waals surface area contributed by atoms with Crippen molar-refractivity contribution in [3.63, 3.8) is 0 Å². The van der Waals surface area contributed by atoms with E-state index >= 15 is 0 Å². The van der Waals surface area contributed by atoms with Gasteiger partial charge in [0.05, 0.1) is 0 Å². The molecule has 2 aliphatic carbocycles. The molecule has 3 aliphatic rings. The summed E-state index contributed by atoms with van der Waals surface area (Å²) in [5, 5.41) is 12.6. The minimum absolute atomic E-state index is 0. The first-order chi connectivity index (χ1) is 12.6. The number of aliphatic imine (C=N–C) groups is 1. The van der Waals surface area contributed by atoms with Crippen LogP contribution in [0.25, 0.3) is 0 Å². The number of hydrogen-bond donors (Lipinski definition) is 2. The molecular weight excluding hydrogens is 458 g/mol. The summed E-state index contributed by atoms with van der Waals surface area (Å²) in [6, 6.07) is 5.29. The second-order valence-electron chi connectivity index (χ2n) is 7.95. The number of aromatic hydroxyl groups is 1. The number of nitrogens with one attached hydrogen (secondary N) is 1. The lowest BCUT2D eigenvalue weighted by molar-refractivity contribution is 0.0958. The van der Waals surface area contributed by atoms with Gasteiger partial charge in [0.1, 0.15) is 0 Å². The van der Waals surface area contributed by atoms with Crippen molar-refractivity contribution in [1.82, 2.24) is 15.1 Å². The van der Waals surface area contributed by atoms with E-state index in [1.807, 2.05) is 0 Å². The first kappa shape index (κ1) is 20.6. The van der Waals surface area contributed by atoms with Crippen LogP contribution in [0.2, 0.25) is 0 Å². The fourth-order valence-electron chi connectivity index (χ4n) is 5.10. The van der Waals surface area contributed by atoms with Gasteiger partial charge in [-0.2, -0.15) is 0 Å². The summed E-state index contributed by atoms with van der Waals surface area (Å²) in [4.78, 5) is 9.39. The van der Waals surface area contributed by atoms with E-state index in [1.54, 1.807) is 13.1 Å². The molecule has 150 valence electrons. The van der Waals surface area contributed by atoms with Crippen LogP contribution in [0.15, 0.2) is 23.2 Å². The molecule has 1 heterocycles. The van der Waals surface area contributed by atoms with Crippen LogP contribution in [0.4, 0.5) is 4.39 Å². The molecule has 1 aromatic carbocycles. The van der Waals surface area contributed by atoms with Crippen LogP contribution in [0.5, 0.6) is 5.75 Å². The Balaban J connectivity index is 0.00000210. The van der Waals surface area contributed by atoms with E-state index in [-0.39, 0.29) is 29.7 Å². The average Bonchev–Trinajstić information content (AvgIpc) is 3.29. The number of guanidine groups is 1. The second kappa shape index (κ2) is 8.94. The largest absolute Gasteiger partial charge is 0.505 e. The number of phenols is 1. The Hall–Kier alpha value is -1.09. The van der Waals surface area contributed by atoms with Crippen LogP contribution in [0, 0.1) is 17.7 Å². The Morgan fingerprint density at radius 1 is 1.22 bits per heavy atom. The zero-order valence-electron chi connectivity index (χ0n) is 15.9. The third-order valence-electron chi connectivity index (χ3n) is 6.46. The van der Waals surface area contributed by atoms with Gasteiger partial charge in [0.25, 0.3) is 0 Å². The Morgan fingerprint density at radius 3 is 2.59 bits per heavy atom. The summed E-state index contributed by atoms with van der Waals surface area (Å²) >= 11 is 0. The normalized spacial score (nSPS) is 28.3. The van der Waals surface area contributed by atoms with Crippen LogP contribution in [0.3, 0.4) is 0 Å². The molecule has 0 aromatic heterocycles. The highest BCUT2D eigenvalue weighted by atomic mass is 127. The maximum absolute atomic E-state index is 13.5. The van der Waals surface area contributed by atoms with Gasteiger partial charge < -0.3 is 15.3 Å². The molecular formula is C20H30FIN4O. The molecule has 3 unspecified atom stereocenters. The van der Waals surface area contributed by atoms with Crippen molar-refractivity contribution in [2.75, 3.05) is 33.2 Å². The molecule has 27 heavy (non-hydrogen) atoms. The minimum atomic E-state index is -0.584. The van der Waals surface area contributed by atoms with Crippen molar-refractivity contribution in [2.45, 2.75) is 38.3 Å². The van der Waals surface area contributed by atoms with E-state index in [2.05, 4.69) is 20.1 Å². The van der Waals surface area contributed by atoms with Gasteiger partial charge in [0.2, 0.25) is 0 Å². The number of piperazine rings is 1. The van der Waals surface area contributed by atoms with Gasteiger partial charge in [-0.05, 0) is 48.8 Å². The predicted molar refractivity (Wildman–Crippen MR) is 116 cm³/mol. The highest BCUT2D eigenvalue weighted by molar-refractivity contribution is 14.0. The maximum atomic E-state index is 13.5. The van der Waals surface area contributed by atoms with Gasteiger partial charge in [0.15, 0.2) is 17.5 Å². The zero-order valence-corrected chi connectivity index (χ0v) is 18.2. The monoisotopic (exact) mass is 488 g/mol. The molecule has 2 bridgehead atoms. The number of rotatable bonds is 3. The molecule has 0 amide bonds. The molecule has 7 heteroatoms. The summed E-state index contributed by atoms with van der Waals surface area (Å²) in [7, 11) is 1.79. The van der Waals surface area contributed by atoms with Crippen LogP contribution >= 0.6 is 24.0 Å². The lowest BCUT2D eigenvalue weighted by Crippen LogP contribution is -2.55. The number of fused-ring (bicyclic) bond motifs is 2. The summed E-state index contributed by atoms with van der Waals surface area (Å²) < 4.78 is 13.5. The quantitative estimate of drug-likeness (QED) is 0.390. The van der Waals surface area contributed by atoms with Crippen LogP contribution in [-0.4, -0.2) is 60.1 Å². The lowest BCUT2D eigenvalue weighted by atomic mass is 9.93. The van der Waals surface area contributed by atoms with E-state index in [9.17, 15) is 9.50 Å². The van der Waals surface area contributed by atoms with Gasteiger partial charge in [-0.25, -0.2) is 4.39 Å². The third-order valence-corrected chi connectivity index (χ3v) is 6.46. The highest BCUT2D eigenvalue weighted by Crippen LogP contribution is 2.46. The van der Waals surface area contributed by atoms with Gasteiger partial charge in [-0.1, -0.05) is 12.5 Å². The number of halogens is 2. The third kappa shape index (κ3) is 4.50. The van der Waals surface area contributed by atoms with Crippen LogP contribution in [0.1, 0.15) is 31.2 Å². The Bertz CT molecular complexity index is 678. The first-order valence-corrected chi connectivity index (χ1v) is 9.81. The van der Waals surface area contributed by atoms with E-state index in [4.69, 9.17) is 0 Å². The SMILES string of the molecule is CN=C(NCc1ccc(O)c(F)c1)N1CCN(C2CC3CCC2C3)CC1.I. The Labute approximate surface area is 178 Å². The predicted octanol–water partition coefficient (Wildman–Crippen LogP) is 3.03. The molecule has 4 rings (SSSR count). The van der Waals surface area contributed by atoms with E-state index in [1.165, 1.54) is 37.8 Å². The number of nitrogens with zero attached hydrogens (tertiary/aromatic N) is 3. The average molecular weight is 488 g/mol. The van der Waals surface area contributed by atoms with Gasteiger partial charge in [-0.15, -0.1) is 24.0 Å². The van der Waals surface area contributed by atoms with Crippen LogP contribution < -0.4 is 5.32 Å². The molecule has 1 aromatic rings. The molecule has 2 N–H and O–H groups in total. The van der Waals surface area contributed by atoms with Gasteiger partial charge in [0, 0.05) is 45.8 Å². The van der Waals surface area contributed by atoms with Crippen molar-refractivity contribution in [3.8, 4) is 5.75 Å². The number of phenolic OH excluding ortho intramolecular Hbond substituents is 1. The highest BCUT2D eigenvalue weighted by Gasteiger charge is 2.42. The van der Waals surface area contributed by atoms with Gasteiger partial charge in [-0.3, -0.25) is 9.89 Å². The summed E-state index contributed by atoms with van der Waals surface area (Å²) in [6.07, 6.45) is 5.75. The maximum Gasteiger partial charge on any atom is 0.194 e. The molecule has 0 spiro atoms. The van der Waals surface area contributed by atoms with Crippen LogP contribution in [-0.2, 0) is 6.54 Å². The van der Waals surface area contributed by atoms with Crippen molar-refractivity contribution in [3.05, 3.63) is 29.6 Å². The minimum Gasteiger partial charge on any atom is -0.505 e. The van der Waals surface area contributed by atoms with E-state index in [0.29, 0.717) is 6.54 Å². The van der Waals surface area contributed by atoms with E-state index in [0.717, 1.165) is 55.6 Å². The summed E-state index contributed by atoms with van der Waals surface area (Å²) in [5.74, 6) is 1.90. The van der Waals surface area contributed by atoms with E-state index < -0.39 is 5.82 Å². The second-order valence-corrected chi connectivity index (χ2v) is 7.95. The lowest BCUT2D eigenvalue weighted by Gasteiger charge is -2.42. The smallest absolute Gasteiger partial charge is 0.194 e. The van der Waals surface area contributed by atoms with Crippen molar-refractivity contribution < 1.29 is 9.50 Å². The summed E-state index contributed by atoms with van der Waals surface area (Å²) in [5.41, 5.74) is 0.794. The zero-order chi connectivity index (χ0) is 18.1. The molecule has 2 saturated carbocycles. The molecule has 1 aliphatic heterocycles. The fourth-order valence-corrected chi connectivity index (χ4v) is 5.10. The summed E-state index contributed by atoms with van der Waals surface area (Å²) in [6.45, 7) is 4.66. The van der Waals surface area contributed by atoms with Crippen molar-refractivity contribution >= 4 is 29.9 Å². The fraction of sp³-hybridized carbons (Fsp3) is 0.650. The molecule has 0 radical (unpaired) electrons. The molecule has 1 saturated heterocycles. The Kier molecular flexibility index (Phi) is 6.83. The van der Waals surface area contributed by atoms with Gasteiger partial charge >= 0.3 is 0 Å². The molecule has 3 fully saturated rings. The Morgan fingerprint density at radius 2 is 2.00 bits per heavy atom. The molecule has 5 nitrogen and oxygen atoms in total. The first-order valence-electron chi connectivity index (χ1n) is 9.81. The number of hydrogen-bond acceptors (Lipinski definition) is 3. The topological polar surface area (TPSA) is 51.1 Å². The standard InChI is InChI=1S/C20H29FN4O.HI/c1-22-20(23-13-15-3-5-19(26)17(21)11-15)25-8-6-24(7-9-25)18-12-14-2-4-16(18)10-14;/h3,5,11,14,16,18,26H,2,4,6-10,12-13H2,1H3,(H,22,23);1H.